The van der Waals surface area contributed by atoms with Gasteiger partial charge in [0, 0.05) is 10.5 Å². The van der Waals surface area contributed by atoms with E-state index in [1.807, 2.05) is 0 Å². The van der Waals surface area contributed by atoms with Crippen molar-refractivity contribution in [3.05, 3.63) is 23.8 Å². The Labute approximate surface area is 84.7 Å². The molecule has 1 rings (SSSR count). The summed E-state index contributed by atoms with van der Waals surface area (Å²) in [6.07, 6.45) is -2.63. The first-order valence-corrected chi connectivity index (χ1v) is 4.13. The van der Waals surface area contributed by atoms with Crippen LogP contribution in [-0.2, 0) is 0 Å². The zero-order valence-electron chi connectivity index (χ0n) is 7.00. The molecule has 76 valence electrons. The van der Waals surface area contributed by atoms with Crippen molar-refractivity contribution in [1.82, 2.24) is 0 Å². The fourth-order valence-electron chi connectivity index (χ4n) is 0.971. The fourth-order valence-corrected chi connectivity index (χ4v) is 1.27. The average molecular weight is 218 g/mol. The van der Waals surface area contributed by atoms with Gasteiger partial charge in [0.15, 0.2) is 0 Å². The third-order valence-electron chi connectivity index (χ3n) is 1.56. The summed E-state index contributed by atoms with van der Waals surface area (Å²) in [5, 5.41) is 2.20. The van der Waals surface area contributed by atoms with Crippen molar-refractivity contribution in [2.75, 3.05) is 5.32 Å². The minimum absolute atomic E-state index is 0.0290. The maximum Gasteiger partial charge on any atom is 0.316 e. The quantitative estimate of drug-likeness (QED) is 0.656. The molecular formula is C8H8F2N2OS. The van der Waals surface area contributed by atoms with Crippen molar-refractivity contribution in [2.45, 2.75) is 11.3 Å². The predicted molar refractivity (Wildman–Crippen MR) is 51.9 cm³/mol. The number of hydrogen-bond donors (Lipinski definition) is 3. The number of nitrogens with two attached hydrogens (primary N) is 1. The second-order valence-corrected chi connectivity index (χ2v) is 2.98. The van der Waals surface area contributed by atoms with Gasteiger partial charge in [0.1, 0.15) is 0 Å². The largest absolute Gasteiger partial charge is 0.351 e. The molecule has 0 unspecified atom stereocenters. The van der Waals surface area contributed by atoms with E-state index in [1.54, 1.807) is 0 Å². The molecule has 0 bridgehead atoms. The van der Waals surface area contributed by atoms with Gasteiger partial charge in [-0.2, -0.15) is 0 Å². The van der Waals surface area contributed by atoms with Crippen LogP contribution >= 0.6 is 12.6 Å². The van der Waals surface area contributed by atoms with Crippen LogP contribution in [-0.4, -0.2) is 6.03 Å². The number of anilines is 1. The molecule has 0 fully saturated rings. The molecule has 1 aromatic rings. The van der Waals surface area contributed by atoms with Crippen LogP contribution < -0.4 is 11.1 Å². The van der Waals surface area contributed by atoms with Crippen molar-refractivity contribution >= 4 is 24.3 Å². The summed E-state index contributed by atoms with van der Waals surface area (Å²) in [5.74, 6) is 0. The summed E-state index contributed by atoms with van der Waals surface area (Å²) in [6, 6.07) is 3.26. The van der Waals surface area contributed by atoms with E-state index < -0.39 is 12.5 Å². The van der Waals surface area contributed by atoms with Crippen LogP contribution in [0.2, 0.25) is 0 Å². The number of benzene rings is 1. The van der Waals surface area contributed by atoms with Crippen LogP contribution in [0.25, 0.3) is 0 Å². The highest BCUT2D eigenvalue weighted by Gasteiger charge is 2.13. The van der Waals surface area contributed by atoms with E-state index in [4.69, 9.17) is 5.73 Å². The number of amides is 2. The van der Waals surface area contributed by atoms with Crippen LogP contribution in [0.15, 0.2) is 23.1 Å². The predicted octanol–water partition coefficient (Wildman–Crippen LogP) is 2.40. The summed E-state index contributed by atoms with van der Waals surface area (Å²) in [5.41, 5.74) is 4.79. The minimum Gasteiger partial charge on any atom is -0.351 e. The van der Waals surface area contributed by atoms with Gasteiger partial charge in [0.25, 0.3) is 6.43 Å². The zero-order chi connectivity index (χ0) is 10.7. The Hall–Kier alpha value is -1.30. The Balaban J connectivity index is 3.07. The molecule has 0 aliphatic heterocycles. The third-order valence-corrected chi connectivity index (χ3v) is 2.06. The summed E-state index contributed by atoms with van der Waals surface area (Å²) in [4.78, 5) is 10.5. The standard InChI is InChI=1S/C8H8F2N2OS/c9-7(10)4-2-1-3-5(6(4)14)12-8(11)13/h1-3,7,14H,(H3,11,12,13). The monoisotopic (exact) mass is 218 g/mol. The lowest BCUT2D eigenvalue weighted by Gasteiger charge is -2.09. The summed E-state index contributed by atoms with van der Waals surface area (Å²) >= 11 is 3.88. The molecule has 0 radical (unpaired) electrons. The molecule has 0 aliphatic carbocycles. The summed E-state index contributed by atoms with van der Waals surface area (Å²) in [6.45, 7) is 0. The van der Waals surface area contributed by atoms with Crippen LogP contribution in [0.1, 0.15) is 12.0 Å². The molecule has 0 spiro atoms. The van der Waals surface area contributed by atoms with Crippen molar-refractivity contribution in [3.8, 4) is 0 Å². The SMILES string of the molecule is NC(=O)Nc1cccc(C(F)F)c1S. The van der Waals surface area contributed by atoms with Crippen LogP contribution in [0, 0.1) is 0 Å². The third kappa shape index (κ3) is 2.35. The molecule has 14 heavy (non-hydrogen) atoms. The molecule has 0 aliphatic rings. The van der Waals surface area contributed by atoms with Crippen molar-refractivity contribution in [3.63, 3.8) is 0 Å². The normalized spacial score (nSPS) is 10.3. The first-order valence-electron chi connectivity index (χ1n) is 3.69. The first-order chi connectivity index (χ1) is 6.52. The van der Waals surface area contributed by atoms with Gasteiger partial charge in [-0.05, 0) is 6.07 Å². The molecule has 6 heteroatoms. The van der Waals surface area contributed by atoms with E-state index in [2.05, 4.69) is 17.9 Å². The van der Waals surface area contributed by atoms with Crippen LogP contribution in [0.5, 0.6) is 0 Å². The van der Waals surface area contributed by atoms with Gasteiger partial charge >= 0.3 is 6.03 Å². The number of halogens is 2. The maximum atomic E-state index is 12.4. The van der Waals surface area contributed by atoms with E-state index in [0.29, 0.717) is 0 Å². The highest BCUT2D eigenvalue weighted by molar-refractivity contribution is 7.80. The molecule has 0 saturated heterocycles. The number of alkyl halides is 2. The molecule has 0 aromatic heterocycles. The number of rotatable bonds is 2. The van der Waals surface area contributed by atoms with Gasteiger partial charge in [-0.1, -0.05) is 12.1 Å². The maximum absolute atomic E-state index is 12.4. The topological polar surface area (TPSA) is 55.1 Å². The lowest BCUT2D eigenvalue weighted by atomic mass is 10.2. The number of nitrogens with one attached hydrogen (secondary N) is 1. The summed E-state index contributed by atoms with van der Waals surface area (Å²) in [7, 11) is 0. The van der Waals surface area contributed by atoms with Crippen LogP contribution in [0.4, 0.5) is 19.3 Å². The fraction of sp³-hybridized carbons (Fsp3) is 0.125. The minimum atomic E-state index is -2.63. The second-order valence-electron chi connectivity index (χ2n) is 2.53. The Bertz CT molecular complexity index is 357. The van der Waals surface area contributed by atoms with Crippen molar-refractivity contribution in [2.24, 2.45) is 5.73 Å². The van der Waals surface area contributed by atoms with E-state index in [-0.39, 0.29) is 16.1 Å². The molecule has 3 nitrogen and oxygen atoms in total. The zero-order valence-corrected chi connectivity index (χ0v) is 7.89. The van der Waals surface area contributed by atoms with Gasteiger partial charge < -0.3 is 11.1 Å². The van der Waals surface area contributed by atoms with E-state index in [9.17, 15) is 13.6 Å². The molecule has 0 saturated carbocycles. The van der Waals surface area contributed by atoms with Gasteiger partial charge in [0.05, 0.1) is 5.69 Å². The van der Waals surface area contributed by atoms with Gasteiger partial charge in [0.2, 0.25) is 0 Å². The highest BCUT2D eigenvalue weighted by Crippen LogP contribution is 2.30. The van der Waals surface area contributed by atoms with Gasteiger partial charge in [-0.15, -0.1) is 12.6 Å². The summed E-state index contributed by atoms with van der Waals surface area (Å²) < 4.78 is 24.7. The number of hydrogen-bond acceptors (Lipinski definition) is 2. The lowest BCUT2D eigenvalue weighted by Crippen LogP contribution is -2.19. The number of thiol groups is 1. The first kappa shape index (κ1) is 10.8. The molecule has 3 N–H and O–H groups in total. The lowest BCUT2D eigenvalue weighted by molar-refractivity contribution is 0.148. The molecule has 1 aromatic carbocycles. The smallest absolute Gasteiger partial charge is 0.316 e. The van der Waals surface area contributed by atoms with Gasteiger partial charge in [-0.25, -0.2) is 13.6 Å². The molecule has 2 amide bonds. The Morgan fingerprint density at radius 2 is 2.14 bits per heavy atom. The molecule has 0 atom stereocenters. The second kappa shape index (κ2) is 4.28. The molecular weight excluding hydrogens is 210 g/mol. The van der Waals surface area contributed by atoms with E-state index in [0.717, 1.165) is 0 Å². The van der Waals surface area contributed by atoms with Gasteiger partial charge in [-0.3, -0.25) is 0 Å². The van der Waals surface area contributed by atoms with Crippen molar-refractivity contribution < 1.29 is 13.6 Å². The highest BCUT2D eigenvalue weighted by atomic mass is 32.1. The van der Waals surface area contributed by atoms with E-state index in [1.165, 1.54) is 18.2 Å². The number of urea groups is 1. The Morgan fingerprint density at radius 3 is 2.64 bits per heavy atom. The number of primary amides is 1. The van der Waals surface area contributed by atoms with Crippen LogP contribution in [0.3, 0.4) is 0 Å². The average Bonchev–Trinajstić information content (AvgIpc) is 2.07. The number of carbonyl (C=O) groups excluding carboxylic acids is 1. The Kier molecular flexibility index (Phi) is 3.29. The molecule has 0 heterocycles. The Morgan fingerprint density at radius 1 is 1.50 bits per heavy atom. The number of carbonyl (C=O) groups is 1. The van der Waals surface area contributed by atoms with E-state index >= 15 is 0 Å². The van der Waals surface area contributed by atoms with Crippen molar-refractivity contribution in [1.29, 1.82) is 0 Å².